The minimum atomic E-state index is -0.513. The van der Waals surface area contributed by atoms with Gasteiger partial charge in [0.25, 0.3) is 0 Å². The lowest BCUT2D eigenvalue weighted by atomic mass is 10.2. The highest BCUT2D eigenvalue weighted by molar-refractivity contribution is 7.10. The van der Waals surface area contributed by atoms with Gasteiger partial charge < -0.3 is 10.1 Å². The summed E-state index contributed by atoms with van der Waals surface area (Å²) in [6.07, 6.45) is -0.450. The Morgan fingerprint density at radius 2 is 1.86 bits per heavy atom. The Labute approximate surface area is 135 Å². The van der Waals surface area contributed by atoms with Crippen LogP contribution in [0.3, 0.4) is 0 Å². The first-order valence-corrected chi connectivity index (χ1v) is 8.09. The molecule has 2 aromatic rings. The van der Waals surface area contributed by atoms with Gasteiger partial charge in [-0.25, -0.2) is 4.79 Å². The summed E-state index contributed by atoms with van der Waals surface area (Å²) in [5.41, 5.74) is 2.35. The van der Waals surface area contributed by atoms with Crippen molar-refractivity contribution >= 4 is 28.8 Å². The van der Waals surface area contributed by atoms with Crippen LogP contribution in [0.2, 0.25) is 0 Å². The minimum Gasteiger partial charge on any atom is -0.444 e. The van der Waals surface area contributed by atoms with Gasteiger partial charge in [-0.15, -0.1) is 11.3 Å². The minimum absolute atomic E-state index is 0.450. The molecule has 1 aromatic carbocycles. The molecule has 0 saturated carbocycles. The quantitative estimate of drug-likeness (QED) is 0.832. The summed E-state index contributed by atoms with van der Waals surface area (Å²) in [7, 11) is 0. The summed E-state index contributed by atoms with van der Waals surface area (Å²) in [5, 5.41) is 8.24. The van der Waals surface area contributed by atoms with E-state index in [4.69, 9.17) is 4.74 Å². The molecule has 1 aromatic heterocycles. The first-order chi connectivity index (χ1) is 10.3. The Kier molecular flexibility index (Phi) is 5.08. The zero-order valence-corrected chi connectivity index (χ0v) is 14.2. The van der Waals surface area contributed by atoms with Crippen molar-refractivity contribution in [3.05, 3.63) is 46.2 Å². The molecule has 0 spiro atoms. The van der Waals surface area contributed by atoms with Crippen LogP contribution in [0, 0.1) is 6.92 Å². The van der Waals surface area contributed by atoms with Gasteiger partial charge in [0.2, 0.25) is 0 Å². The summed E-state index contributed by atoms with van der Waals surface area (Å²) in [6, 6.07) is 9.72. The summed E-state index contributed by atoms with van der Waals surface area (Å²) >= 11 is 1.72. The number of ether oxygens (including phenoxy) is 1. The molecule has 0 atom stereocenters. The molecule has 2 N–H and O–H groups in total. The van der Waals surface area contributed by atoms with Crippen LogP contribution < -0.4 is 10.6 Å². The Morgan fingerprint density at radius 1 is 1.18 bits per heavy atom. The third-order valence-corrected chi connectivity index (χ3v) is 3.99. The topological polar surface area (TPSA) is 50.4 Å². The van der Waals surface area contributed by atoms with E-state index in [9.17, 15) is 4.79 Å². The van der Waals surface area contributed by atoms with Gasteiger partial charge in [-0.05, 0) is 56.8 Å². The fourth-order valence-electron chi connectivity index (χ4n) is 1.92. The summed E-state index contributed by atoms with van der Waals surface area (Å²) < 4.78 is 5.29. The zero-order valence-electron chi connectivity index (χ0n) is 13.4. The maximum absolute atomic E-state index is 11.9. The highest BCUT2D eigenvalue weighted by atomic mass is 32.1. The number of carbonyl (C=O) groups excluding carboxylic acids is 1. The molecule has 0 saturated heterocycles. The third-order valence-electron chi connectivity index (χ3n) is 2.97. The number of benzene rings is 1. The first kappa shape index (κ1) is 16.4. The third kappa shape index (κ3) is 4.77. The van der Waals surface area contributed by atoms with Crippen LogP contribution in [0.5, 0.6) is 0 Å². The molecule has 1 heterocycles. The monoisotopic (exact) mass is 318 g/mol. The van der Waals surface area contributed by atoms with Crippen molar-refractivity contribution in [3.8, 4) is 0 Å². The predicted octanol–water partition coefficient (Wildman–Crippen LogP) is 5.02. The van der Waals surface area contributed by atoms with Gasteiger partial charge in [0, 0.05) is 11.4 Å². The Balaban J connectivity index is 2.03. The van der Waals surface area contributed by atoms with Crippen molar-refractivity contribution in [2.45, 2.75) is 39.8 Å². The number of amides is 1. The molecule has 118 valence electrons. The van der Waals surface area contributed by atoms with Crippen molar-refractivity contribution in [1.29, 1.82) is 0 Å². The maximum atomic E-state index is 11.9. The van der Waals surface area contributed by atoms with E-state index in [1.807, 2.05) is 45.0 Å². The van der Waals surface area contributed by atoms with Crippen LogP contribution in [-0.2, 0) is 11.3 Å². The van der Waals surface area contributed by atoms with Crippen LogP contribution in [0.15, 0.2) is 35.7 Å². The Hall–Kier alpha value is -2.01. The molecule has 0 radical (unpaired) electrons. The van der Waals surface area contributed by atoms with E-state index < -0.39 is 11.7 Å². The van der Waals surface area contributed by atoms with E-state index in [0.717, 1.165) is 12.2 Å². The number of carbonyl (C=O) groups is 1. The number of hydrogen-bond donors (Lipinski definition) is 2. The van der Waals surface area contributed by atoms with Gasteiger partial charge in [0.1, 0.15) is 5.60 Å². The van der Waals surface area contributed by atoms with Crippen LogP contribution in [0.1, 0.15) is 31.2 Å². The molecule has 0 aliphatic heterocycles. The number of rotatable bonds is 4. The zero-order chi connectivity index (χ0) is 16.2. The lowest BCUT2D eigenvalue weighted by Crippen LogP contribution is -2.27. The lowest BCUT2D eigenvalue weighted by Gasteiger charge is -2.20. The Bertz CT molecular complexity index is 644. The molecule has 22 heavy (non-hydrogen) atoms. The van der Waals surface area contributed by atoms with E-state index in [2.05, 4.69) is 29.0 Å². The molecule has 0 bridgehead atoms. The molecule has 0 fully saturated rings. The molecule has 0 aliphatic rings. The number of para-hydroxylation sites is 2. The molecule has 0 unspecified atom stereocenters. The van der Waals surface area contributed by atoms with Crippen molar-refractivity contribution in [2.75, 3.05) is 10.6 Å². The maximum Gasteiger partial charge on any atom is 0.412 e. The van der Waals surface area contributed by atoms with Crippen molar-refractivity contribution in [1.82, 2.24) is 0 Å². The smallest absolute Gasteiger partial charge is 0.412 e. The molecule has 0 aliphatic carbocycles. The van der Waals surface area contributed by atoms with Crippen molar-refractivity contribution in [2.24, 2.45) is 0 Å². The van der Waals surface area contributed by atoms with Crippen LogP contribution in [0.25, 0.3) is 0 Å². The molecule has 5 heteroatoms. The molecular weight excluding hydrogens is 296 g/mol. The van der Waals surface area contributed by atoms with Gasteiger partial charge in [0.15, 0.2) is 0 Å². The Morgan fingerprint density at radius 3 is 2.45 bits per heavy atom. The average molecular weight is 318 g/mol. The second-order valence-electron chi connectivity index (χ2n) is 6.05. The average Bonchev–Trinajstić information content (AvgIpc) is 2.81. The van der Waals surface area contributed by atoms with Crippen LogP contribution >= 0.6 is 11.3 Å². The molecule has 1 amide bonds. The lowest BCUT2D eigenvalue weighted by molar-refractivity contribution is 0.0636. The molecule has 2 rings (SSSR count). The molecular formula is C17H22N2O2S. The van der Waals surface area contributed by atoms with Crippen molar-refractivity contribution < 1.29 is 9.53 Å². The van der Waals surface area contributed by atoms with Crippen molar-refractivity contribution in [3.63, 3.8) is 0 Å². The SMILES string of the molecule is Cc1ccsc1CNc1ccccc1NC(=O)OC(C)(C)C. The van der Waals surface area contributed by atoms with Gasteiger partial charge in [0.05, 0.1) is 11.4 Å². The fraction of sp³-hybridized carbons (Fsp3) is 0.353. The summed E-state index contributed by atoms with van der Waals surface area (Å²) in [5.74, 6) is 0. The van der Waals surface area contributed by atoms with E-state index in [-0.39, 0.29) is 0 Å². The standard InChI is InChI=1S/C17H22N2O2S/c1-12-9-10-22-15(12)11-18-13-7-5-6-8-14(13)19-16(20)21-17(2,3)4/h5-10,18H,11H2,1-4H3,(H,19,20). The van der Waals surface area contributed by atoms with E-state index in [1.165, 1.54) is 10.4 Å². The number of anilines is 2. The van der Waals surface area contributed by atoms with Crippen LogP contribution in [0.4, 0.5) is 16.2 Å². The predicted molar refractivity (Wildman–Crippen MR) is 92.7 cm³/mol. The summed E-state index contributed by atoms with van der Waals surface area (Å²) in [4.78, 5) is 13.2. The molecule has 4 nitrogen and oxygen atoms in total. The fourth-order valence-corrected chi connectivity index (χ4v) is 2.77. The number of aryl methyl sites for hydroxylation is 1. The number of hydrogen-bond acceptors (Lipinski definition) is 4. The van der Waals surface area contributed by atoms with Gasteiger partial charge >= 0.3 is 6.09 Å². The highest BCUT2D eigenvalue weighted by Crippen LogP contribution is 2.24. The largest absolute Gasteiger partial charge is 0.444 e. The van der Waals surface area contributed by atoms with Gasteiger partial charge in [-0.3, -0.25) is 5.32 Å². The first-order valence-electron chi connectivity index (χ1n) is 7.21. The second-order valence-corrected chi connectivity index (χ2v) is 7.05. The second kappa shape index (κ2) is 6.83. The van der Waals surface area contributed by atoms with E-state index in [0.29, 0.717) is 5.69 Å². The number of nitrogens with one attached hydrogen (secondary N) is 2. The van der Waals surface area contributed by atoms with E-state index in [1.54, 1.807) is 11.3 Å². The van der Waals surface area contributed by atoms with Gasteiger partial charge in [-0.1, -0.05) is 12.1 Å². The summed E-state index contributed by atoms with van der Waals surface area (Å²) in [6.45, 7) is 8.36. The normalized spacial score (nSPS) is 11.1. The highest BCUT2D eigenvalue weighted by Gasteiger charge is 2.17. The van der Waals surface area contributed by atoms with E-state index >= 15 is 0 Å². The number of thiophene rings is 1. The van der Waals surface area contributed by atoms with Gasteiger partial charge in [-0.2, -0.15) is 0 Å². The van der Waals surface area contributed by atoms with Crippen LogP contribution in [-0.4, -0.2) is 11.7 Å².